The fourth-order valence-electron chi connectivity index (χ4n) is 2.86. The van der Waals surface area contributed by atoms with Gasteiger partial charge in [-0.1, -0.05) is 0 Å². The first-order valence-corrected chi connectivity index (χ1v) is 18.2. The average molecular weight is 1230 g/mol. The van der Waals surface area contributed by atoms with E-state index >= 15 is 0 Å². The minimum Gasteiger partial charge on any atom is -0.461 e. The molecule has 39 heavy (non-hydrogen) atoms. The summed E-state index contributed by atoms with van der Waals surface area (Å²) in [6.45, 7) is -0.616. The van der Waals surface area contributed by atoms with E-state index in [1.807, 2.05) is 57.3 Å². The molecule has 1 N–H and O–H groups in total. The molecule has 0 unspecified atom stereocenters. The van der Waals surface area contributed by atoms with Gasteiger partial charge in [-0.15, -0.1) is 0 Å². The van der Waals surface area contributed by atoms with Crippen molar-refractivity contribution in [3.63, 3.8) is 0 Å². The van der Waals surface area contributed by atoms with Gasteiger partial charge in [-0.25, -0.2) is 14.4 Å². The molecule has 0 saturated heterocycles. The van der Waals surface area contributed by atoms with Crippen LogP contribution in [0, 0.1) is 21.4 Å². The predicted octanol–water partition coefficient (Wildman–Crippen LogP) is 6.80. The van der Waals surface area contributed by atoms with Gasteiger partial charge in [0.05, 0.1) is 16.7 Å². The number of carbonyl (C=O) groups excluding carboxylic acids is 3. The molecular formula is C23H12I6O9S. The summed E-state index contributed by atoms with van der Waals surface area (Å²) >= 11 is 12.4. The molecule has 0 aromatic heterocycles. The highest BCUT2D eigenvalue weighted by atomic mass is 127. The van der Waals surface area contributed by atoms with E-state index in [0.717, 1.165) is 14.3 Å². The van der Waals surface area contributed by atoms with E-state index in [1.54, 1.807) is 12.1 Å². The predicted molar refractivity (Wildman–Crippen MR) is 192 cm³/mol. The maximum Gasteiger partial charge on any atom is 0.344 e. The Balaban J connectivity index is 1.97. The summed E-state index contributed by atoms with van der Waals surface area (Å²) in [5.41, 5.74) is 0.432. The molecule has 0 heterocycles. The SMILES string of the molecule is O=C(OCCS(=O)(=O)O)c1cc(OC(=O)c2cc(I)cc(I)c2I)cc(OC(=O)c2cc(I)cc(I)c2I)c1. The van der Waals surface area contributed by atoms with Crippen LogP contribution in [0.3, 0.4) is 0 Å². The largest absolute Gasteiger partial charge is 0.461 e. The first kappa shape index (κ1) is 33.9. The van der Waals surface area contributed by atoms with Crippen LogP contribution in [0.1, 0.15) is 31.1 Å². The number of hydrogen-bond acceptors (Lipinski definition) is 8. The van der Waals surface area contributed by atoms with Crippen LogP contribution < -0.4 is 9.47 Å². The maximum absolute atomic E-state index is 13.0. The normalized spacial score (nSPS) is 11.2. The fourth-order valence-corrected chi connectivity index (χ4v) is 7.91. The average Bonchev–Trinajstić information content (AvgIpc) is 2.82. The Bertz CT molecular complexity index is 1500. The van der Waals surface area contributed by atoms with Crippen molar-refractivity contribution in [1.29, 1.82) is 0 Å². The molecule has 0 aliphatic rings. The van der Waals surface area contributed by atoms with Crippen molar-refractivity contribution in [2.45, 2.75) is 0 Å². The van der Waals surface area contributed by atoms with Gasteiger partial charge in [-0.05, 0) is 172 Å². The molecule has 0 amide bonds. The summed E-state index contributed by atoms with van der Waals surface area (Å²) in [4.78, 5) is 38.7. The molecule has 0 radical (unpaired) electrons. The van der Waals surface area contributed by atoms with Gasteiger partial charge in [0.15, 0.2) is 0 Å². The highest BCUT2D eigenvalue weighted by Gasteiger charge is 2.21. The van der Waals surface area contributed by atoms with Crippen molar-refractivity contribution in [3.05, 3.63) is 80.6 Å². The van der Waals surface area contributed by atoms with Gasteiger partial charge < -0.3 is 14.2 Å². The van der Waals surface area contributed by atoms with Gasteiger partial charge in [-0.3, -0.25) is 4.55 Å². The van der Waals surface area contributed by atoms with Crippen molar-refractivity contribution in [2.24, 2.45) is 0 Å². The minimum absolute atomic E-state index is 0.108. The fraction of sp³-hybridized carbons (Fsp3) is 0.0870. The lowest BCUT2D eigenvalue weighted by atomic mass is 10.2. The molecular weight excluding hydrogens is 1210 g/mol. The topological polar surface area (TPSA) is 133 Å². The molecule has 206 valence electrons. The molecule has 0 atom stereocenters. The summed E-state index contributed by atoms with van der Waals surface area (Å²) in [5.74, 6) is -3.40. The highest BCUT2D eigenvalue weighted by Crippen LogP contribution is 2.29. The van der Waals surface area contributed by atoms with Crippen LogP contribution in [0.2, 0.25) is 0 Å². The summed E-state index contributed by atoms with van der Waals surface area (Å²) in [5, 5.41) is 0. The number of esters is 3. The Morgan fingerprint density at radius 1 is 0.667 bits per heavy atom. The summed E-state index contributed by atoms with van der Waals surface area (Å²) in [6, 6.07) is 10.8. The van der Waals surface area contributed by atoms with E-state index in [9.17, 15) is 22.8 Å². The molecule has 16 heteroatoms. The molecule has 3 rings (SSSR count). The van der Waals surface area contributed by atoms with Gasteiger partial charge >= 0.3 is 17.9 Å². The molecule has 0 bridgehead atoms. The third-order valence-electron chi connectivity index (χ3n) is 4.54. The Labute approximate surface area is 304 Å². The summed E-state index contributed by atoms with van der Waals surface area (Å²) in [6.07, 6.45) is 0. The lowest BCUT2D eigenvalue weighted by Gasteiger charge is -2.13. The molecule has 3 aromatic rings. The number of rotatable bonds is 8. The van der Waals surface area contributed by atoms with Gasteiger partial charge in [0.1, 0.15) is 23.9 Å². The van der Waals surface area contributed by atoms with E-state index < -0.39 is 40.4 Å². The second-order valence-corrected chi connectivity index (χ2v) is 15.9. The van der Waals surface area contributed by atoms with Crippen molar-refractivity contribution in [1.82, 2.24) is 0 Å². The lowest BCUT2D eigenvalue weighted by Crippen LogP contribution is -2.16. The van der Waals surface area contributed by atoms with Crippen molar-refractivity contribution in [3.8, 4) is 11.5 Å². The summed E-state index contributed by atoms with van der Waals surface area (Å²) in [7, 11) is -4.35. The van der Waals surface area contributed by atoms with Gasteiger partial charge in [-0.2, -0.15) is 8.42 Å². The van der Waals surface area contributed by atoms with E-state index in [4.69, 9.17) is 18.8 Å². The quantitative estimate of drug-likeness (QED) is 0.0851. The van der Waals surface area contributed by atoms with E-state index in [0.29, 0.717) is 18.3 Å². The Morgan fingerprint density at radius 2 is 1.10 bits per heavy atom. The second-order valence-electron chi connectivity index (χ2n) is 7.39. The van der Waals surface area contributed by atoms with Crippen LogP contribution in [0.15, 0.2) is 42.5 Å². The molecule has 0 fully saturated rings. The zero-order valence-corrected chi connectivity index (χ0v) is 32.6. The first-order chi connectivity index (χ1) is 18.1. The highest BCUT2D eigenvalue weighted by molar-refractivity contribution is 14.1. The molecule has 0 saturated carbocycles. The number of halogens is 6. The van der Waals surface area contributed by atoms with Crippen molar-refractivity contribution < 1.29 is 41.6 Å². The van der Waals surface area contributed by atoms with Crippen molar-refractivity contribution >= 4 is 164 Å². The molecule has 0 aliphatic heterocycles. The standard InChI is InChI=1S/C23H12I6O9S/c24-11-5-15(19(28)17(26)7-11)22(31)37-13-3-10(21(30)36-1-2-39(33,34)35)4-14(9-13)38-23(32)16-6-12(25)8-18(27)20(16)29/h3-9H,1-2H2,(H,33,34,35). The monoisotopic (exact) mass is 1230 g/mol. The second kappa shape index (κ2) is 14.7. The van der Waals surface area contributed by atoms with Gasteiger partial charge in [0, 0.05) is 27.5 Å². The zero-order valence-electron chi connectivity index (χ0n) is 18.8. The summed E-state index contributed by atoms with van der Waals surface area (Å²) < 4.78 is 51.5. The number of benzene rings is 3. The smallest absolute Gasteiger partial charge is 0.344 e. The van der Waals surface area contributed by atoms with Crippen molar-refractivity contribution in [2.75, 3.05) is 12.4 Å². The number of carbonyl (C=O) groups is 3. The Morgan fingerprint density at radius 3 is 1.51 bits per heavy atom. The Kier molecular flexibility index (Phi) is 12.8. The van der Waals surface area contributed by atoms with Gasteiger partial charge in [0.25, 0.3) is 10.1 Å². The maximum atomic E-state index is 13.0. The van der Waals surface area contributed by atoms with Crippen LogP contribution in [0.4, 0.5) is 0 Å². The molecule has 9 nitrogen and oxygen atoms in total. The minimum atomic E-state index is -4.35. The van der Waals surface area contributed by atoms with Crippen LogP contribution >= 0.6 is 136 Å². The van der Waals surface area contributed by atoms with Gasteiger partial charge in [0.2, 0.25) is 0 Å². The van der Waals surface area contributed by atoms with E-state index in [-0.39, 0.29) is 17.1 Å². The lowest BCUT2D eigenvalue weighted by molar-refractivity contribution is 0.0523. The van der Waals surface area contributed by atoms with E-state index in [2.05, 4.69) is 90.4 Å². The number of ether oxygens (including phenoxy) is 3. The third-order valence-corrected chi connectivity index (χ3v) is 12.6. The van der Waals surface area contributed by atoms with Crippen LogP contribution in [-0.4, -0.2) is 43.2 Å². The molecule has 0 aliphatic carbocycles. The third kappa shape index (κ3) is 9.96. The molecule has 3 aromatic carbocycles. The van der Waals surface area contributed by atoms with Crippen LogP contribution in [0.5, 0.6) is 11.5 Å². The van der Waals surface area contributed by atoms with Crippen LogP contribution in [-0.2, 0) is 14.9 Å². The Hall–Kier alpha value is 0.360. The van der Waals surface area contributed by atoms with Crippen LogP contribution in [0.25, 0.3) is 0 Å². The number of hydrogen-bond donors (Lipinski definition) is 1. The van der Waals surface area contributed by atoms with E-state index in [1.165, 1.54) is 18.2 Å². The molecule has 0 spiro atoms. The zero-order chi connectivity index (χ0) is 29.1. The first-order valence-electron chi connectivity index (χ1n) is 10.2.